The third kappa shape index (κ3) is 2.60. The quantitative estimate of drug-likeness (QED) is 0.854. The Morgan fingerprint density at radius 3 is 2.65 bits per heavy atom. The number of benzene rings is 1. The molecular weight excluding hydrogens is 238 g/mol. The number of carbonyl (C=O) groups is 1. The van der Waals surface area contributed by atoms with E-state index in [0.29, 0.717) is 24.7 Å². The molecule has 0 radical (unpaired) electrons. The Balaban J connectivity index is 2.20. The summed E-state index contributed by atoms with van der Waals surface area (Å²) in [5.74, 6) is 0.0968. The fourth-order valence-electron chi connectivity index (χ4n) is 2.00. The third-order valence-corrected chi connectivity index (χ3v) is 3.36. The van der Waals surface area contributed by atoms with Crippen molar-refractivity contribution in [3.05, 3.63) is 29.3 Å². The molecule has 1 aromatic carbocycles. The van der Waals surface area contributed by atoms with E-state index in [-0.39, 0.29) is 11.9 Å². The van der Waals surface area contributed by atoms with Crippen LogP contribution in [0.15, 0.2) is 24.3 Å². The largest absolute Gasteiger partial charge is 0.329 e. The van der Waals surface area contributed by atoms with E-state index < -0.39 is 0 Å². The molecule has 1 saturated heterocycles. The predicted octanol–water partition coefficient (Wildman–Crippen LogP) is 0.946. The van der Waals surface area contributed by atoms with Crippen LogP contribution in [0.2, 0.25) is 5.02 Å². The van der Waals surface area contributed by atoms with Crippen molar-refractivity contribution in [3.63, 3.8) is 0 Å². The van der Waals surface area contributed by atoms with Gasteiger partial charge in [-0.15, -0.1) is 0 Å². The van der Waals surface area contributed by atoms with E-state index in [1.165, 1.54) is 0 Å². The Hall–Kier alpha value is -1.10. The van der Waals surface area contributed by atoms with Gasteiger partial charge in [-0.2, -0.15) is 0 Å². The van der Waals surface area contributed by atoms with E-state index in [1.54, 1.807) is 17.0 Å². The van der Waals surface area contributed by atoms with Gasteiger partial charge in [-0.1, -0.05) is 11.6 Å². The Morgan fingerprint density at radius 2 is 2.06 bits per heavy atom. The van der Waals surface area contributed by atoms with E-state index >= 15 is 0 Å². The van der Waals surface area contributed by atoms with Crippen LogP contribution in [0.1, 0.15) is 0 Å². The van der Waals surface area contributed by atoms with Crippen molar-refractivity contribution in [1.82, 2.24) is 4.90 Å². The van der Waals surface area contributed by atoms with Crippen molar-refractivity contribution in [2.75, 3.05) is 31.6 Å². The molecule has 0 bridgehead atoms. The minimum Gasteiger partial charge on any atom is -0.329 e. The number of hydrogen-bond donors (Lipinski definition) is 1. The van der Waals surface area contributed by atoms with E-state index in [2.05, 4.69) is 0 Å². The first kappa shape index (κ1) is 12.4. The molecule has 92 valence electrons. The minimum atomic E-state index is 0.0968. The van der Waals surface area contributed by atoms with Crippen molar-refractivity contribution in [1.29, 1.82) is 0 Å². The lowest BCUT2D eigenvalue weighted by atomic mass is 10.1. The number of nitrogens with two attached hydrogens (primary N) is 1. The summed E-state index contributed by atoms with van der Waals surface area (Å²) >= 11 is 5.83. The van der Waals surface area contributed by atoms with Gasteiger partial charge < -0.3 is 10.6 Å². The van der Waals surface area contributed by atoms with Gasteiger partial charge in [-0.3, -0.25) is 9.69 Å². The van der Waals surface area contributed by atoms with Gasteiger partial charge in [0.2, 0.25) is 5.91 Å². The van der Waals surface area contributed by atoms with Crippen molar-refractivity contribution >= 4 is 23.2 Å². The molecule has 2 rings (SSSR count). The number of anilines is 1. The zero-order valence-electron chi connectivity index (χ0n) is 9.77. The number of hydrogen-bond acceptors (Lipinski definition) is 3. The normalized spacial score (nSPS) is 21.9. The average molecular weight is 254 g/mol. The lowest BCUT2D eigenvalue weighted by Gasteiger charge is -2.38. The molecule has 1 heterocycles. The summed E-state index contributed by atoms with van der Waals surface area (Å²) < 4.78 is 0. The van der Waals surface area contributed by atoms with Gasteiger partial charge in [0.1, 0.15) is 0 Å². The van der Waals surface area contributed by atoms with E-state index in [9.17, 15) is 4.79 Å². The van der Waals surface area contributed by atoms with Crippen molar-refractivity contribution in [2.24, 2.45) is 5.73 Å². The van der Waals surface area contributed by atoms with E-state index in [1.807, 2.05) is 24.1 Å². The van der Waals surface area contributed by atoms with Gasteiger partial charge in [0, 0.05) is 29.8 Å². The maximum Gasteiger partial charge on any atom is 0.241 e. The number of likely N-dealkylation sites (N-methyl/N-ethyl adjacent to an activating group) is 1. The summed E-state index contributed by atoms with van der Waals surface area (Å²) in [4.78, 5) is 15.7. The molecule has 1 aliphatic rings. The number of halogens is 1. The van der Waals surface area contributed by atoms with Crippen LogP contribution in [-0.2, 0) is 4.79 Å². The maximum atomic E-state index is 12.0. The Labute approximate surface area is 106 Å². The first-order valence-corrected chi connectivity index (χ1v) is 5.96. The fraction of sp³-hybridized carbons (Fsp3) is 0.417. The number of carbonyl (C=O) groups excluding carboxylic acids is 1. The van der Waals surface area contributed by atoms with Crippen molar-refractivity contribution in [2.45, 2.75) is 6.04 Å². The molecule has 0 aliphatic carbocycles. The highest BCUT2D eigenvalue weighted by molar-refractivity contribution is 6.30. The van der Waals surface area contributed by atoms with Crippen LogP contribution in [0, 0.1) is 0 Å². The lowest BCUT2D eigenvalue weighted by molar-refractivity contribution is -0.121. The van der Waals surface area contributed by atoms with Gasteiger partial charge in [-0.05, 0) is 31.3 Å². The van der Waals surface area contributed by atoms with Gasteiger partial charge >= 0.3 is 0 Å². The second kappa shape index (κ2) is 5.04. The maximum absolute atomic E-state index is 12.0. The lowest BCUT2D eigenvalue weighted by Crippen LogP contribution is -2.57. The van der Waals surface area contributed by atoms with Crippen LogP contribution in [0.4, 0.5) is 5.69 Å². The highest BCUT2D eigenvalue weighted by Crippen LogP contribution is 2.21. The average Bonchev–Trinajstić information content (AvgIpc) is 2.31. The fourth-order valence-corrected chi connectivity index (χ4v) is 2.13. The molecule has 4 nitrogen and oxygen atoms in total. The predicted molar refractivity (Wildman–Crippen MR) is 69.3 cm³/mol. The summed E-state index contributed by atoms with van der Waals surface area (Å²) in [6.07, 6.45) is 0. The molecule has 0 saturated carbocycles. The third-order valence-electron chi connectivity index (χ3n) is 3.11. The highest BCUT2D eigenvalue weighted by atomic mass is 35.5. The summed E-state index contributed by atoms with van der Waals surface area (Å²) in [5, 5.41) is 0.672. The van der Waals surface area contributed by atoms with Crippen LogP contribution in [0.25, 0.3) is 0 Å². The topological polar surface area (TPSA) is 49.6 Å². The standard InChI is InChI=1S/C12H16ClN3O/c1-15-8-12(17)16(7-11(15)6-14)10-4-2-9(13)3-5-10/h2-5,11H,6-8,14H2,1H3. The molecule has 1 amide bonds. The molecule has 1 fully saturated rings. The SMILES string of the molecule is CN1CC(=O)N(c2ccc(Cl)cc2)CC1CN. The molecule has 17 heavy (non-hydrogen) atoms. The van der Waals surface area contributed by atoms with Gasteiger partial charge in [0.15, 0.2) is 0 Å². The first-order valence-electron chi connectivity index (χ1n) is 5.58. The zero-order valence-corrected chi connectivity index (χ0v) is 10.5. The first-order chi connectivity index (χ1) is 8.11. The highest BCUT2D eigenvalue weighted by Gasteiger charge is 2.29. The second-order valence-electron chi connectivity index (χ2n) is 4.29. The second-order valence-corrected chi connectivity index (χ2v) is 4.72. The van der Waals surface area contributed by atoms with Crippen LogP contribution >= 0.6 is 11.6 Å². The van der Waals surface area contributed by atoms with E-state index in [4.69, 9.17) is 17.3 Å². The minimum absolute atomic E-state index is 0.0968. The summed E-state index contributed by atoms with van der Waals surface area (Å²) in [6.45, 7) is 1.59. The molecular formula is C12H16ClN3O. The summed E-state index contributed by atoms with van der Waals surface area (Å²) in [6, 6.07) is 7.52. The van der Waals surface area contributed by atoms with Gasteiger partial charge in [0.05, 0.1) is 6.54 Å². The molecule has 0 spiro atoms. The monoisotopic (exact) mass is 253 g/mol. The number of amides is 1. The summed E-state index contributed by atoms with van der Waals surface area (Å²) in [7, 11) is 1.93. The molecule has 0 aromatic heterocycles. The van der Waals surface area contributed by atoms with Gasteiger partial charge in [-0.25, -0.2) is 0 Å². The molecule has 1 aliphatic heterocycles. The van der Waals surface area contributed by atoms with Crippen molar-refractivity contribution < 1.29 is 4.79 Å². The number of nitrogens with zero attached hydrogens (tertiary/aromatic N) is 2. The molecule has 1 aromatic rings. The molecule has 1 unspecified atom stereocenters. The Bertz CT molecular complexity index is 407. The molecule has 2 N–H and O–H groups in total. The van der Waals surface area contributed by atoms with Crippen molar-refractivity contribution in [3.8, 4) is 0 Å². The Morgan fingerprint density at radius 1 is 1.41 bits per heavy atom. The smallest absolute Gasteiger partial charge is 0.241 e. The van der Waals surface area contributed by atoms with Crippen LogP contribution < -0.4 is 10.6 Å². The van der Waals surface area contributed by atoms with Crippen LogP contribution in [0.3, 0.4) is 0 Å². The number of rotatable bonds is 2. The Kier molecular flexibility index (Phi) is 3.66. The molecule has 1 atom stereocenters. The van der Waals surface area contributed by atoms with E-state index in [0.717, 1.165) is 5.69 Å². The number of piperazine rings is 1. The van der Waals surface area contributed by atoms with Crippen LogP contribution in [0.5, 0.6) is 0 Å². The zero-order chi connectivity index (χ0) is 12.4. The van der Waals surface area contributed by atoms with Gasteiger partial charge in [0.25, 0.3) is 0 Å². The molecule has 5 heteroatoms. The summed E-state index contributed by atoms with van der Waals surface area (Å²) in [5.41, 5.74) is 6.58. The van der Waals surface area contributed by atoms with Crippen LogP contribution in [-0.4, -0.2) is 43.5 Å².